The van der Waals surface area contributed by atoms with Crippen LogP contribution in [-0.2, 0) is 40.8 Å². The summed E-state index contributed by atoms with van der Waals surface area (Å²) in [7, 11) is -22.0. The number of aliphatic hydroxyl groups is 4. The highest BCUT2D eigenvalue weighted by molar-refractivity contribution is 7.75. The molecule has 4 aromatic heterocycles. The van der Waals surface area contributed by atoms with Crippen LogP contribution in [0.5, 0.6) is 0 Å². The summed E-state index contributed by atoms with van der Waals surface area (Å²) in [6.07, 6.45) is -6.39. The standard InChI is InChI=1S/C21H31N11O18P4/c1-51(38,45-2-7-11(33)14(36)20(47-7)32-6-27-10-17(32)28-21(23)29-18(10)37)49-52(39,40)30-53(41,42)50-54(43,44)46-3-8-12(34)13(35)19(48-8)31-5-26-9-15(22)24-4-25-16(9)31/h4-8,11-14,19-20,33-36,38H,1-3H2,(H,43,44)(H2,22,24,25)(H3,23,28,29,37)(H3,30,39,40,41,42)/t7-,8-,11?,12?,13?,14+,19-,20-,51?/m1/s1. The zero-order valence-corrected chi connectivity index (χ0v) is 30.3. The van der Waals surface area contributed by atoms with E-state index in [0.717, 1.165) is 22.1 Å². The Morgan fingerprint density at radius 2 is 1.33 bits per heavy atom. The van der Waals surface area contributed by atoms with Gasteiger partial charge in [0, 0.05) is 0 Å². The van der Waals surface area contributed by atoms with Crippen molar-refractivity contribution >= 4 is 71.3 Å². The van der Waals surface area contributed by atoms with Crippen LogP contribution in [0.4, 0.5) is 11.8 Å². The van der Waals surface area contributed by atoms with Gasteiger partial charge in [-0.3, -0.25) is 23.4 Å². The van der Waals surface area contributed by atoms with E-state index in [4.69, 9.17) is 25.5 Å². The minimum Gasteiger partial charge on any atom is -0.387 e. The number of imidazole rings is 2. The van der Waals surface area contributed by atoms with Crippen LogP contribution in [0, 0.1) is 0 Å². The number of aromatic amines is 1. The summed E-state index contributed by atoms with van der Waals surface area (Å²) in [6, 6.07) is 0. The molecule has 0 bridgehead atoms. The van der Waals surface area contributed by atoms with Gasteiger partial charge in [-0.25, -0.2) is 37.9 Å². The molecule has 4 aromatic rings. The van der Waals surface area contributed by atoms with E-state index in [1.807, 2.05) is 0 Å². The first-order valence-electron chi connectivity index (χ1n) is 14.7. The van der Waals surface area contributed by atoms with E-state index in [0.29, 0.717) is 0 Å². The Labute approximate surface area is 299 Å². The maximum Gasteiger partial charge on any atom is 0.480 e. The van der Waals surface area contributed by atoms with E-state index in [9.17, 15) is 58.5 Å². The van der Waals surface area contributed by atoms with Crippen molar-refractivity contribution in [2.45, 2.75) is 49.1 Å². The highest BCUT2D eigenvalue weighted by Gasteiger charge is 2.48. The molecular weight excluding hydrogens is 818 g/mol. The lowest BCUT2D eigenvalue weighted by molar-refractivity contribution is -0.0502. The first-order valence-corrected chi connectivity index (χ1v) is 21.1. The van der Waals surface area contributed by atoms with Crippen molar-refractivity contribution in [3.05, 3.63) is 29.3 Å². The minimum atomic E-state index is -5.86. The SMILES string of the molecule is C=P(O)(OC[C@H]1O[C@@H](n2cnc3c(=O)[nH]c(N)nc32)[C@@H](O)C1O)OP(=O)(O)NP(=O)(O)OP(=O)(O)OC[C@H]1O[C@@H](n2cnc3c(N)ncnc32)C(O)C1O. The van der Waals surface area contributed by atoms with Crippen molar-refractivity contribution in [2.24, 2.45) is 0 Å². The molecule has 0 aromatic carbocycles. The van der Waals surface area contributed by atoms with Crippen LogP contribution in [0.1, 0.15) is 12.5 Å². The number of aromatic nitrogens is 8. The van der Waals surface area contributed by atoms with Gasteiger partial charge in [-0.15, -0.1) is 4.86 Å². The van der Waals surface area contributed by atoms with Gasteiger partial charge in [0.2, 0.25) is 5.95 Å². The van der Waals surface area contributed by atoms with Gasteiger partial charge in [0.05, 0.1) is 25.9 Å². The zero-order chi connectivity index (χ0) is 39.5. The lowest BCUT2D eigenvalue weighted by Crippen LogP contribution is -2.33. The molecule has 0 spiro atoms. The summed E-state index contributed by atoms with van der Waals surface area (Å²) in [5.41, 5.74) is 10.5. The lowest BCUT2D eigenvalue weighted by Gasteiger charge is -2.25. The quantitative estimate of drug-likeness (QED) is 0.0548. The molecule has 298 valence electrons. The first-order chi connectivity index (χ1) is 25.1. The molecule has 33 heteroatoms. The predicted octanol–water partition coefficient (Wildman–Crippen LogP) is -3.49. The average molecular weight is 849 g/mol. The number of rotatable bonds is 14. The Bertz CT molecular complexity index is 2310. The fourth-order valence-corrected chi connectivity index (χ4v) is 11.1. The molecule has 2 aliphatic rings. The van der Waals surface area contributed by atoms with Crippen LogP contribution in [0.15, 0.2) is 23.8 Å². The van der Waals surface area contributed by atoms with E-state index < -0.39 is 98.7 Å². The van der Waals surface area contributed by atoms with Crippen molar-refractivity contribution in [3.8, 4) is 0 Å². The minimum absolute atomic E-state index is 0.00107. The first kappa shape index (κ1) is 40.6. The number of nitrogens with two attached hydrogens (primary N) is 2. The van der Waals surface area contributed by atoms with Crippen molar-refractivity contribution in [2.75, 3.05) is 24.7 Å². The summed E-state index contributed by atoms with van der Waals surface area (Å²) in [4.78, 5) is 75.5. The zero-order valence-electron chi connectivity index (χ0n) is 26.7. The van der Waals surface area contributed by atoms with E-state index in [-0.39, 0.29) is 34.1 Å². The Hall–Kier alpha value is -3.11. The van der Waals surface area contributed by atoms with Gasteiger partial charge in [-0.2, -0.15) is 9.29 Å². The molecule has 0 radical (unpaired) electrons. The van der Waals surface area contributed by atoms with Gasteiger partial charge in [0.1, 0.15) is 48.5 Å². The van der Waals surface area contributed by atoms with Crippen LogP contribution >= 0.6 is 30.9 Å². The summed E-state index contributed by atoms with van der Waals surface area (Å²) in [6.45, 7) is -1.94. The topological polar surface area (TPSA) is 440 Å². The molecule has 2 aliphatic heterocycles. The molecule has 0 amide bonds. The molecule has 6 heterocycles. The Kier molecular flexibility index (Phi) is 11.1. The monoisotopic (exact) mass is 849 g/mol. The number of anilines is 2. The number of fused-ring (bicyclic) bond motifs is 2. The summed E-state index contributed by atoms with van der Waals surface area (Å²) in [5, 5.41) is 42.0. The third kappa shape index (κ3) is 8.49. The second-order valence-electron chi connectivity index (χ2n) is 11.5. The largest absolute Gasteiger partial charge is 0.480 e. The van der Waals surface area contributed by atoms with Gasteiger partial charge in [-0.1, -0.05) is 0 Å². The van der Waals surface area contributed by atoms with Crippen LogP contribution in [0.3, 0.4) is 0 Å². The molecule has 29 nitrogen and oxygen atoms in total. The van der Waals surface area contributed by atoms with Crippen LogP contribution in [0.2, 0.25) is 0 Å². The molecule has 12 atom stereocenters. The molecule has 14 N–H and O–H groups in total. The molecule has 0 saturated carbocycles. The highest BCUT2D eigenvalue weighted by Crippen LogP contribution is 2.66. The van der Waals surface area contributed by atoms with Gasteiger partial charge >= 0.3 is 23.3 Å². The number of nitrogen functional groups attached to an aromatic ring is 2. The lowest BCUT2D eigenvalue weighted by atomic mass is 10.1. The van der Waals surface area contributed by atoms with Crippen LogP contribution in [0.25, 0.3) is 22.3 Å². The van der Waals surface area contributed by atoms with Gasteiger partial charge in [0.15, 0.2) is 35.1 Å². The maximum atomic E-state index is 12.6. The maximum absolute atomic E-state index is 12.6. The van der Waals surface area contributed by atoms with Crippen molar-refractivity contribution < 1.29 is 80.8 Å². The molecule has 6 rings (SSSR count). The molecule has 54 heavy (non-hydrogen) atoms. The fraction of sp³-hybridized carbons (Fsp3) is 0.476. The van der Waals surface area contributed by atoms with E-state index >= 15 is 0 Å². The third-order valence-corrected chi connectivity index (χ3v) is 14.3. The Balaban J connectivity index is 1.02. The Morgan fingerprint density at radius 1 is 0.796 bits per heavy atom. The van der Waals surface area contributed by atoms with E-state index in [1.165, 1.54) is 10.9 Å². The van der Waals surface area contributed by atoms with E-state index in [1.54, 1.807) is 0 Å². The molecular formula is C21H31N11O18P4. The summed E-state index contributed by atoms with van der Waals surface area (Å²) < 4.78 is 69.1. The highest BCUT2D eigenvalue weighted by atomic mass is 31.3. The van der Waals surface area contributed by atoms with Gasteiger partial charge in [-0.05, 0) is 6.30 Å². The molecule has 2 saturated heterocycles. The molecule has 7 unspecified atom stereocenters. The number of nitrogens with one attached hydrogen (secondary N) is 2. The number of ether oxygens (including phenoxy) is 2. The molecule has 0 aliphatic carbocycles. The Morgan fingerprint density at radius 3 is 1.94 bits per heavy atom. The number of hydrogen-bond acceptors (Lipinski definition) is 22. The van der Waals surface area contributed by atoms with Crippen molar-refractivity contribution in [1.82, 2.24) is 43.9 Å². The van der Waals surface area contributed by atoms with Crippen molar-refractivity contribution in [3.63, 3.8) is 0 Å². The number of nitrogens with zero attached hydrogens (tertiary/aromatic N) is 7. The number of hydrogen-bond donors (Lipinski definition) is 12. The number of phosphoric ester groups is 1. The van der Waals surface area contributed by atoms with Gasteiger partial charge < -0.3 is 65.5 Å². The van der Waals surface area contributed by atoms with E-state index in [2.05, 4.69) is 49.3 Å². The van der Waals surface area contributed by atoms with Crippen LogP contribution in [-0.4, -0.2) is 135 Å². The average Bonchev–Trinajstić information content (AvgIpc) is 3.79. The second-order valence-corrected chi connectivity index (χ2v) is 18.4. The summed E-state index contributed by atoms with van der Waals surface area (Å²) in [5.74, 6) is -0.295. The number of H-pyrrole nitrogens is 1. The third-order valence-electron chi connectivity index (χ3n) is 7.61. The van der Waals surface area contributed by atoms with Crippen molar-refractivity contribution in [1.29, 1.82) is 0 Å². The fourth-order valence-electron chi connectivity index (χ4n) is 5.29. The number of aliphatic hydroxyl groups excluding tert-OH is 4. The number of phosphoric acid groups is 1. The summed E-state index contributed by atoms with van der Waals surface area (Å²) >= 11 is 0. The smallest absolute Gasteiger partial charge is 0.387 e. The normalized spacial score (nSPS) is 30.6. The van der Waals surface area contributed by atoms with Crippen LogP contribution < -0.4 is 21.9 Å². The predicted molar refractivity (Wildman–Crippen MR) is 177 cm³/mol. The second kappa shape index (κ2) is 14.8. The molecule has 2 fully saturated rings. The van der Waals surface area contributed by atoms with Gasteiger partial charge in [0.25, 0.3) is 13.1 Å².